The van der Waals surface area contributed by atoms with Gasteiger partial charge in [0.15, 0.2) is 0 Å². The molecule has 1 aromatic rings. The molecule has 18 heavy (non-hydrogen) atoms. The highest BCUT2D eigenvalue weighted by atomic mass is 16.5. The predicted molar refractivity (Wildman–Crippen MR) is 69.3 cm³/mol. The molecule has 0 saturated heterocycles. The summed E-state index contributed by atoms with van der Waals surface area (Å²) in [5, 5.41) is 12.2. The molecule has 5 nitrogen and oxygen atoms in total. The van der Waals surface area contributed by atoms with Crippen LogP contribution in [0.4, 0.5) is 0 Å². The van der Waals surface area contributed by atoms with E-state index in [0.29, 0.717) is 5.75 Å². The first-order valence-electron chi connectivity index (χ1n) is 5.90. The molecule has 0 heterocycles. The largest absolute Gasteiger partial charge is 0.491 e. The monoisotopic (exact) mass is 252 g/mol. The van der Waals surface area contributed by atoms with E-state index in [0.717, 1.165) is 5.56 Å². The number of aliphatic hydroxyl groups is 1. The van der Waals surface area contributed by atoms with Gasteiger partial charge in [-0.25, -0.2) is 0 Å². The fourth-order valence-corrected chi connectivity index (χ4v) is 1.34. The van der Waals surface area contributed by atoms with Gasteiger partial charge in [0, 0.05) is 6.54 Å². The molecule has 100 valence electrons. The van der Waals surface area contributed by atoms with Crippen LogP contribution in [0.1, 0.15) is 12.5 Å². The summed E-state index contributed by atoms with van der Waals surface area (Å²) in [5.41, 5.74) is 6.47. The number of amides is 1. The van der Waals surface area contributed by atoms with Gasteiger partial charge in [-0.3, -0.25) is 4.79 Å². The van der Waals surface area contributed by atoms with Crippen LogP contribution in [0, 0.1) is 6.92 Å². The molecule has 0 aliphatic rings. The van der Waals surface area contributed by atoms with E-state index in [1.54, 1.807) is 6.92 Å². The maximum atomic E-state index is 11.2. The average molecular weight is 252 g/mol. The molecule has 0 bridgehead atoms. The van der Waals surface area contributed by atoms with Crippen molar-refractivity contribution in [2.75, 3.05) is 13.2 Å². The Morgan fingerprint density at radius 2 is 2.28 bits per heavy atom. The molecule has 0 saturated carbocycles. The molecule has 0 aliphatic heterocycles. The molecule has 1 aromatic carbocycles. The highest BCUT2D eigenvalue weighted by Crippen LogP contribution is 2.12. The fourth-order valence-electron chi connectivity index (χ4n) is 1.34. The van der Waals surface area contributed by atoms with Crippen LogP contribution in [0.15, 0.2) is 24.3 Å². The first-order valence-corrected chi connectivity index (χ1v) is 5.90. The Morgan fingerprint density at radius 1 is 1.56 bits per heavy atom. The summed E-state index contributed by atoms with van der Waals surface area (Å²) in [6.07, 6.45) is -0.756. The second-order valence-corrected chi connectivity index (χ2v) is 4.32. The van der Waals surface area contributed by atoms with Crippen molar-refractivity contribution >= 4 is 5.91 Å². The smallest absolute Gasteiger partial charge is 0.236 e. The lowest BCUT2D eigenvalue weighted by molar-refractivity contribution is -0.122. The predicted octanol–water partition coefficient (Wildman–Crippen LogP) is 0.198. The van der Waals surface area contributed by atoms with Crippen molar-refractivity contribution in [2.24, 2.45) is 5.73 Å². The fraction of sp³-hybridized carbons (Fsp3) is 0.462. The summed E-state index contributed by atoms with van der Waals surface area (Å²) >= 11 is 0. The van der Waals surface area contributed by atoms with E-state index in [1.165, 1.54) is 0 Å². The second kappa shape index (κ2) is 6.98. The van der Waals surface area contributed by atoms with Gasteiger partial charge in [-0.15, -0.1) is 0 Å². The van der Waals surface area contributed by atoms with E-state index in [2.05, 4.69) is 5.32 Å². The van der Waals surface area contributed by atoms with Gasteiger partial charge in [-0.05, 0) is 31.5 Å². The van der Waals surface area contributed by atoms with Crippen molar-refractivity contribution in [1.82, 2.24) is 5.32 Å². The van der Waals surface area contributed by atoms with Crippen LogP contribution in [0.2, 0.25) is 0 Å². The summed E-state index contributed by atoms with van der Waals surface area (Å²) in [5.74, 6) is 0.414. The molecule has 5 heteroatoms. The minimum Gasteiger partial charge on any atom is -0.491 e. The van der Waals surface area contributed by atoms with Crippen LogP contribution >= 0.6 is 0 Å². The Kier molecular flexibility index (Phi) is 5.61. The Balaban J connectivity index is 2.29. The minimum absolute atomic E-state index is 0.128. The van der Waals surface area contributed by atoms with Gasteiger partial charge >= 0.3 is 0 Å². The second-order valence-electron chi connectivity index (χ2n) is 4.32. The number of aliphatic hydroxyl groups excluding tert-OH is 1. The summed E-state index contributed by atoms with van der Waals surface area (Å²) in [6, 6.07) is 6.98. The van der Waals surface area contributed by atoms with Gasteiger partial charge in [-0.2, -0.15) is 0 Å². The molecule has 1 amide bonds. The Bertz CT molecular complexity index is 394. The number of benzene rings is 1. The molecule has 1 unspecified atom stereocenters. The molecule has 0 aliphatic carbocycles. The minimum atomic E-state index is -0.756. The zero-order valence-corrected chi connectivity index (χ0v) is 10.7. The van der Waals surface area contributed by atoms with Crippen LogP contribution in [0.3, 0.4) is 0 Å². The number of rotatable bonds is 6. The van der Waals surface area contributed by atoms with Gasteiger partial charge in [0.05, 0.1) is 6.04 Å². The van der Waals surface area contributed by atoms with E-state index in [-0.39, 0.29) is 19.1 Å². The lowest BCUT2D eigenvalue weighted by Crippen LogP contribution is -2.42. The number of hydrogen-bond donors (Lipinski definition) is 3. The van der Waals surface area contributed by atoms with Gasteiger partial charge in [0.1, 0.15) is 18.5 Å². The third-order valence-corrected chi connectivity index (χ3v) is 2.36. The molecule has 2 atom stereocenters. The van der Waals surface area contributed by atoms with E-state index in [4.69, 9.17) is 10.5 Å². The molecular formula is C13H20N2O3. The summed E-state index contributed by atoms with van der Waals surface area (Å²) < 4.78 is 5.41. The number of ether oxygens (including phenoxy) is 1. The lowest BCUT2D eigenvalue weighted by atomic mass is 10.2. The van der Waals surface area contributed by atoms with E-state index >= 15 is 0 Å². The van der Waals surface area contributed by atoms with Gasteiger partial charge < -0.3 is 20.9 Å². The Hall–Kier alpha value is -1.59. The molecule has 0 fully saturated rings. The highest BCUT2D eigenvalue weighted by molar-refractivity contribution is 5.80. The van der Waals surface area contributed by atoms with Gasteiger partial charge in [0.2, 0.25) is 5.91 Å². The van der Waals surface area contributed by atoms with Crippen molar-refractivity contribution in [3.63, 3.8) is 0 Å². The van der Waals surface area contributed by atoms with Crippen molar-refractivity contribution in [2.45, 2.75) is 26.0 Å². The number of nitrogens with two attached hydrogens (primary N) is 1. The zero-order chi connectivity index (χ0) is 13.5. The van der Waals surface area contributed by atoms with Crippen LogP contribution in [0.5, 0.6) is 5.75 Å². The van der Waals surface area contributed by atoms with Crippen LogP contribution in [-0.4, -0.2) is 36.3 Å². The van der Waals surface area contributed by atoms with E-state index < -0.39 is 12.1 Å². The van der Waals surface area contributed by atoms with E-state index in [1.807, 2.05) is 31.2 Å². The Morgan fingerprint density at radius 3 is 2.89 bits per heavy atom. The number of aryl methyl sites for hydroxylation is 1. The lowest BCUT2D eigenvalue weighted by Gasteiger charge is -2.14. The standard InChI is InChI=1S/C13H20N2O3/c1-9-4-3-5-12(6-9)18-8-11(16)7-15-13(17)10(2)14/h3-6,10-11,16H,7-8,14H2,1-2H3,(H,15,17)/t10-,11?/m0/s1. The first kappa shape index (κ1) is 14.5. The molecule has 4 N–H and O–H groups in total. The summed E-state index contributed by atoms with van der Waals surface area (Å²) in [4.78, 5) is 11.2. The highest BCUT2D eigenvalue weighted by Gasteiger charge is 2.10. The maximum Gasteiger partial charge on any atom is 0.236 e. The van der Waals surface area contributed by atoms with Crippen molar-refractivity contribution in [1.29, 1.82) is 0 Å². The molecular weight excluding hydrogens is 232 g/mol. The molecule has 0 spiro atoms. The SMILES string of the molecule is Cc1cccc(OCC(O)CNC(=O)[C@H](C)N)c1. The van der Waals surface area contributed by atoms with Gasteiger partial charge in [-0.1, -0.05) is 12.1 Å². The summed E-state index contributed by atoms with van der Waals surface area (Å²) in [6.45, 7) is 3.81. The quantitative estimate of drug-likeness (QED) is 0.675. The number of carbonyl (C=O) groups is 1. The van der Waals surface area contributed by atoms with Crippen molar-refractivity contribution in [3.05, 3.63) is 29.8 Å². The third-order valence-electron chi connectivity index (χ3n) is 2.36. The number of carbonyl (C=O) groups excluding carboxylic acids is 1. The first-order chi connectivity index (χ1) is 8.49. The molecule has 0 radical (unpaired) electrons. The van der Waals surface area contributed by atoms with Gasteiger partial charge in [0.25, 0.3) is 0 Å². The van der Waals surface area contributed by atoms with Crippen LogP contribution in [-0.2, 0) is 4.79 Å². The van der Waals surface area contributed by atoms with Crippen molar-refractivity contribution < 1.29 is 14.6 Å². The topological polar surface area (TPSA) is 84.6 Å². The Labute approximate surface area is 107 Å². The third kappa shape index (κ3) is 5.16. The van der Waals surface area contributed by atoms with Crippen LogP contribution in [0.25, 0.3) is 0 Å². The average Bonchev–Trinajstić information content (AvgIpc) is 2.33. The zero-order valence-electron chi connectivity index (χ0n) is 10.7. The number of nitrogens with one attached hydrogen (secondary N) is 1. The summed E-state index contributed by atoms with van der Waals surface area (Å²) in [7, 11) is 0. The van der Waals surface area contributed by atoms with Crippen molar-refractivity contribution in [3.8, 4) is 5.75 Å². The molecule has 0 aromatic heterocycles. The normalized spacial score (nSPS) is 13.8. The maximum absolute atomic E-state index is 11.2. The molecule has 1 rings (SSSR count). The van der Waals surface area contributed by atoms with Crippen LogP contribution < -0.4 is 15.8 Å². The van der Waals surface area contributed by atoms with E-state index in [9.17, 15) is 9.90 Å². The number of hydrogen-bond acceptors (Lipinski definition) is 4.